The lowest BCUT2D eigenvalue weighted by atomic mass is 10.2. The fourth-order valence-electron chi connectivity index (χ4n) is 2.00. The number of rotatable bonds is 6. The molecule has 0 aliphatic carbocycles. The molecule has 4 heteroatoms. The summed E-state index contributed by atoms with van der Waals surface area (Å²) in [5, 5.41) is 2.12. The van der Waals surface area contributed by atoms with Gasteiger partial charge in [0.25, 0.3) is 0 Å². The molecule has 106 valence electrons. The second-order valence-corrected chi connectivity index (χ2v) is 5.35. The van der Waals surface area contributed by atoms with Crippen LogP contribution in [0.4, 0.5) is 0 Å². The number of benzene rings is 2. The van der Waals surface area contributed by atoms with E-state index < -0.39 is 0 Å². The Kier molecular flexibility index (Phi) is 5.44. The fourth-order valence-corrected chi connectivity index (χ4v) is 2.60. The number of nitrogens with two attached hydrogens (primary N) is 1. The Morgan fingerprint density at radius 2 is 1.85 bits per heavy atom. The Labute approximate surface area is 128 Å². The lowest BCUT2D eigenvalue weighted by Gasteiger charge is -2.14. The summed E-state index contributed by atoms with van der Waals surface area (Å²) in [4.78, 5) is 0. The van der Waals surface area contributed by atoms with Gasteiger partial charge in [-0.25, -0.2) is 0 Å². The summed E-state index contributed by atoms with van der Waals surface area (Å²) in [5.74, 6) is 1.50. The summed E-state index contributed by atoms with van der Waals surface area (Å²) in [6.07, 6.45) is 0. The normalized spacial score (nSPS) is 10.3. The monoisotopic (exact) mass is 336 g/mol. The van der Waals surface area contributed by atoms with Crippen molar-refractivity contribution in [2.75, 3.05) is 14.2 Å². The number of quaternary nitrogens is 1. The molecular weight excluding hydrogens is 318 g/mol. The van der Waals surface area contributed by atoms with Crippen molar-refractivity contribution in [3.63, 3.8) is 0 Å². The molecular formula is C16H19BrNO2+. The molecule has 0 unspecified atom stereocenters. The molecule has 0 radical (unpaired) electrons. The smallest absolute Gasteiger partial charge is 0.175 e. The zero-order valence-corrected chi connectivity index (χ0v) is 13.3. The maximum Gasteiger partial charge on any atom is 0.175 e. The molecule has 0 saturated heterocycles. The summed E-state index contributed by atoms with van der Waals surface area (Å²) in [6.45, 7) is 1.43. The van der Waals surface area contributed by atoms with Crippen molar-refractivity contribution in [1.82, 2.24) is 0 Å². The van der Waals surface area contributed by atoms with Crippen LogP contribution in [0.3, 0.4) is 0 Å². The van der Waals surface area contributed by atoms with E-state index in [0.717, 1.165) is 28.1 Å². The van der Waals surface area contributed by atoms with E-state index in [1.165, 1.54) is 5.56 Å². The first-order chi connectivity index (χ1) is 9.74. The highest BCUT2D eigenvalue weighted by Crippen LogP contribution is 2.37. The SMILES string of the molecule is C[NH2+]Cc1cc(Br)c(OCc2ccccc2)c(OC)c1. The first-order valence-corrected chi connectivity index (χ1v) is 7.35. The fraction of sp³-hybridized carbons (Fsp3) is 0.250. The van der Waals surface area contributed by atoms with Crippen molar-refractivity contribution in [3.8, 4) is 11.5 Å². The third-order valence-corrected chi connectivity index (χ3v) is 3.54. The maximum absolute atomic E-state index is 5.90. The minimum Gasteiger partial charge on any atom is -0.493 e. The standard InChI is InChI=1S/C16H18BrNO2/c1-18-10-13-8-14(17)16(15(9-13)19-2)20-11-12-6-4-3-5-7-12/h3-9,18H,10-11H2,1-2H3/p+1. The van der Waals surface area contributed by atoms with Crippen LogP contribution in [-0.2, 0) is 13.2 Å². The van der Waals surface area contributed by atoms with Crippen molar-refractivity contribution < 1.29 is 14.8 Å². The van der Waals surface area contributed by atoms with Crippen molar-refractivity contribution in [2.45, 2.75) is 13.2 Å². The van der Waals surface area contributed by atoms with Gasteiger partial charge in [-0.2, -0.15) is 0 Å². The van der Waals surface area contributed by atoms with E-state index in [9.17, 15) is 0 Å². The Balaban J connectivity index is 2.18. The molecule has 3 nitrogen and oxygen atoms in total. The van der Waals surface area contributed by atoms with Crippen LogP contribution in [0.1, 0.15) is 11.1 Å². The van der Waals surface area contributed by atoms with E-state index in [2.05, 4.69) is 27.3 Å². The summed E-state index contributed by atoms with van der Waals surface area (Å²) in [5.41, 5.74) is 2.33. The molecule has 2 aromatic carbocycles. The molecule has 0 aliphatic rings. The number of halogens is 1. The predicted octanol–water partition coefficient (Wildman–Crippen LogP) is 2.73. The third-order valence-electron chi connectivity index (χ3n) is 2.96. The Morgan fingerprint density at radius 3 is 2.50 bits per heavy atom. The Hall–Kier alpha value is -1.52. The minimum absolute atomic E-state index is 0.523. The number of ether oxygens (including phenoxy) is 2. The molecule has 0 fully saturated rings. The summed E-state index contributed by atoms with van der Waals surface area (Å²) in [7, 11) is 3.71. The van der Waals surface area contributed by atoms with Crippen LogP contribution >= 0.6 is 15.9 Å². The molecule has 0 atom stereocenters. The molecule has 0 aromatic heterocycles. The summed E-state index contributed by atoms with van der Waals surface area (Å²) < 4.78 is 12.2. The molecule has 0 aliphatic heterocycles. The van der Waals surface area contributed by atoms with Crippen LogP contribution in [-0.4, -0.2) is 14.2 Å². The van der Waals surface area contributed by atoms with Crippen molar-refractivity contribution in [1.29, 1.82) is 0 Å². The number of hydrogen-bond acceptors (Lipinski definition) is 2. The van der Waals surface area contributed by atoms with Gasteiger partial charge >= 0.3 is 0 Å². The summed E-state index contributed by atoms with van der Waals surface area (Å²) in [6, 6.07) is 14.2. The number of hydrogen-bond donors (Lipinski definition) is 1. The van der Waals surface area contributed by atoms with Crippen LogP contribution in [0.25, 0.3) is 0 Å². The van der Waals surface area contributed by atoms with Crippen molar-refractivity contribution in [3.05, 3.63) is 58.1 Å². The first kappa shape index (κ1) is 14.9. The molecule has 2 aromatic rings. The van der Waals surface area contributed by atoms with Crippen LogP contribution in [0.15, 0.2) is 46.9 Å². The van der Waals surface area contributed by atoms with Gasteiger partial charge in [-0.1, -0.05) is 30.3 Å². The van der Waals surface area contributed by atoms with E-state index in [1.54, 1.807) is 7.11 Å². The van der Waals surface area contributed by atoms with Gasteiger partial charge in [0, 0.05) is 5.56 Å². The zero-order valence-electron chi connectivity index (χ0n) is 11.7. The predicted molar refractivity (Wildman–Crippen MR) is 83.0 cm³/mol. The third kappa shape index (κ3) is 3.74. The van der Waals surface area contributed by atoms with Gasteiger partial charge in [0.05, 0.1) is 18.6 Å². The molecule has 0 saturated carbocycles. The molecule has 2 N–H and O–H groups in total. The van der Waals surface area contributed by atoms with Crippen molar-refractivity contribution >= 4 is 15.9 Å². The van der Waals surface area contributed by atoms with Crippen LogP contribution in [0, 0.1) is 0 Å². The molecule has 2 rings (SSSR count). The lowest BCUT2D eigenvalue weighted by molar-refractivity contribution is -0.643. The molecule has 20 heavy (non-hydrogen) atoms. The highest BCUT2D eigenvalue weighted by Gasteiger charge is 2.12. The maximum atomic E-state index is 5.90. The lowest BCUT2D eigenvalue weighted by Crippen LogP contribution is -2.77. The molecule has 0 bridgehead atoms. The minimum atomic E-state index is 0.523. The topological polar surface area (TPSA) is 35.1 Å². The second kappa shape index (κ2) is 7.31. The second-order valence-electron chi connectivity index (χ2n) is 4.50. The average Bonchev–Trinajstić information content (AvgIpc) is 2.47. The van der Waals surface area contributed by atoms with Crippen LogP contribution < -0.4 is 14.8 Å². The highest BCUT2D eigenvalue weighted by molar-refractivity contribution is 9.10. The summed E-state index contributed by atoms with van der Waals surface area (Å²) >= 11 is 3.56. The first-order valence-electron chi connectivity index (χ1n) is 6.55. The van der Waals surface area contributed by atoms with Gasteiger partial charge in [0.2, 0.25) is 0 Å². The molecule has 0 spiro atoms. The zero-order chi connectivity index (χ0) is 14.4. The van der Waals surface area contributed by atoms with Crippen LogP contribution in [0.5, 0.6) is 11.5 Å². The van der Waals surface area contributed by atoms with E-state index in [-0.39, 0.29) is 0 Å². The largest absolute Gasteiger partial charge is 0.493 e. The molecule has 0 heterocycles. The van der Waals surface area contributed by atoms with E-state index in [4.69, 9.17) is 9.47 Å². The van der Waals surface area contributed by atoms with Crippen LogP contribution in [0.2, 0.25) is 0 Å². The van der Waals surface area contributed by atoms with E-state index >= 15 is 0 Å². The Bertz CT molecular complexity index is 558. The van der Waals surface area contributed by atoms with Gasteiger partial charge in [0.1, 0.15) is 13.2 Å². The number of methoxy groups -OCH3 is 1. The van der Waals surface area contributed by atoms with Gasteiger partial charge < -0.3 is 14.8 Å². The van der Waals surface area contributed by atoms with E-state index in [0.29, 0.717) is 6.61 Å². The highest BCUT2D eigenvalue weighted by atomic mass is 79.9. The van der Waals surface area contributed by atoms with Gasteiger partial charge in [-0.05, 0) is 33.6 Å². The Morgan fingerprint density at radius 1 is 1.10 bits per heavy atom. The van der Waals surface area contributed by atoms with Gasteiger partial charge in [-0.3, -0.25) is 0 Å². The molecule has 0 amide bonds. The van der Waals surface area contributed by atoms with Gasteiger partial charge in [0.15, 0.2) is 11.5 Å². The average molecular weight is 337 g/mol. The van der Waals surface area contributed by atoms with E-state index in [1.807, 2.05) is 43.4 Å². The quantitative estimate of drug-likeness (QED) is 0.880. The van der Waals surface area contributed by atoms with Crippen molar-refractivity contribution in [2.24, 2.45) is 0 Å². The van der Waals surface area contributed by atoms with Gasteiger partial charge in [-0.15, -0.1) is 0 Å².